The third-order valence-electron chi connectivity index (χ3n) is 18.5. The van der Waals surface area contributed by atoms with Crippen molar-refractivity contribution in [2.24, 2.45) is 17.8 Å². The molecule has 3 aliphatic rings. The molecule has 2 aliphatic heterocycles. The molecule has 0 radical (unpaired) electrons. The lowest BCUT2D eigenvalue weighted by atomic mass is 9.91. The summed E-state index contributed by atoms with van der Waals surface area (Å²) >= 11 is 6.09. The van der Waals surface area contributed by atoms with Crippen molar-refractivity contribution in [3.63, 3.8) is 0 Å². The molecule has 3 N–H and O–H groups in total. The molecule has 1 saturated carbocycles. The minimum Gasteiger partial charge on any atom is -0.406 e. The smallest absolute Gasteiger partial charge is 0.406 e. The average molecular weight is 1380 g/mol. The van der Waals surface area contributed by atoms with E-state index in [1.165, 1.54) is 81.1 Å². The van der Waals surface area contributed by atoms with Gasteiger partial charge in [-0.3, -0.25) is 52.7 Å². The number of likely N-dealkylation sites (N-methyl/N-ethyl adjacent to an activating group) is 7. The van der Waals surface area contributed by atoms with Crippen LogP contribution in [0.4, 0.5) is 26.3 Å². The van der Waals surface area contributed by atoms with Crippen LogP contribution in [-0.2, 0) is 71.8 Å². The van der Waals surface area contributed by atoms with E-state index in [2.05, 4.69) is 20.7 Å². The molecule has 5 rings (SSSR count). The molecule has 1 aliphatic carbocycles. The van der Waals surface area contributed by atoms with Gasteiger partial charge < -0.3 is 59.9 Å². The molecule has 8 atom stereocenters. The number of nitrogens with one attached hydrogen (secondary N) is 3. The monoisotopic (exact) mass is 1380 g/mol. The first kappa shape index (κ1) is 79.0. The van der Waals surface area contributed by atoms with Gasteiger partial charge in [0.15, 0.2) is 0 Å². The number of fused-ring (bicyclic) bond motifs is 1. The molecule has 11 amide bonds. The van der Waals surface area contributed by atoms with Crippen LogP contribution in [0.2, 0.25) is 5.02 Å². The molecule has 30 heteroatoms. The van der Waals surface area contributed by atoms with E-state index in [4.69, 9.17) is 11.6 Å². The highest BCUT2D eigenvalue weighted by Gasteiger charge is 2.50. The quantitative estimate of drug-likeness (QED) is 0.230. The number of halogens is 7. The molecule has 2 heterocycles. The summed E-state index contributed by atoms with van der Waals surface area (Å²) in [5, 5.41) is 7.78. The number of carbonyl (C=O) groups excluding carboxylic acids is 11. The first-order chi connectivity index (χ1) is 44.6. The van der Waals surface area contributed by atoms with Crippen LogP contribution in [0.3, 0.4) is 0 Å². The highest BCUT2D eigenvalue weighted by molar-refractivity contribution is 6.31. The minimum atomic E-state index is -5.12. The molecular formula is C66H94ClF6N11O12. The van der Waals surface area contributed by atoms with Crippen LogP contribution >= 0.6 is 11.6 Å². The summed E-state index contributed by atoms with van der Waals surface area (Å²) in [5.41, 5.74) is -2.41. The predicted octanol–water partition coefficient (Wildman–Crippen LogP) is 5.68. The van der Waals surface area contributed by atoms with Crippen LogP contribution in [0, 0.1) is 17.8 Å². The van der Waals surface area contributed by atoms with Crippen molar-refractivity contribution in [1.29, 1.82) is 0 Å². The number of hydrogen-bond acceptors (Lipinski definition) is 12. The van der Waals surface area contributed by atoms with E-state index >= 15 is 9.59 Å². The Bertz CT molecular complexity index is 3170. The van der Waals surface area contributed by atoms with Crippen molar-refractivity contribution in [1.82, 2.24) is 55.1 Å². The summed E-state index contributed by atoms with van der Waals surface area (Å²) in [6.45, 7) is 10.1. The van der Waals surface area contributed by atoms with Crippen molar-refractivity contribution in [2.75, 3.05) is 75.5 Å². The van der Waals surface area contributed by atoms with Gasteiger partial charge in [-0.1, -0.05) is 90.6 Å². The van der Waals surface area contributed by atoms with E-state index in [1.54, 1.807) is 34.6 Å². The van der Waals surface area contributed by atoms with Crippen molar-refractivity contribution in [2.45, 2.75) is 186 Å². The van der Waals surface area contributed by atoms with Crippen LogP contribution in [0.25, 0.3) is 0 Å². The number of carbonyl (C=O) groups is 11. The maximum atomic E-state index is 15.1. The third kappa shape index (κ3) is 20.4. The fourth-order valence-corrected chi connectivity index (χ4v) is 12.8. The Morgan fingerprint density at radius 1 is 0.656 bits per heavy atom. The molecule has 534 valence electrons. The predicted molar refractivity (Wildman–Crippen MR) is 343 cm³/mol. The third-order valence-corrected chi connectivity index (χ3v) is 18.8. The molecule has 2 saturated heterocycles. The summed E-state index contributed by atoms with van der Waals surface area (Å²) in [6.07, 6.45) is -8.97. The van der Waals surface area contributed by atoms with Gasteiger partial charge in [-0.15, -0.1) is 13.2 Å². The van der Waals surface area contributed by atoms with Gasteiger partial charge in [-0.05, 0) is 105 Å². The van der Waals surface area contributed by atoms with Gasteiger partial charge in [0, 0.05) is 74.8 Å². The van der Waals surface area contributed by atoms with Gasteiger partial charge in [-0.25, -0.2) is 0 Å². The zero-order valence-electron chi connectivity index (χ0n) is 57.3. The first-order valence-corrected chi connectivity index (χ1v) is 32.7. The lowest BCUT2D eigenvalue weighted by molar-refractivity contribution is -0.274. The van der Waals surface area contributed by atoms with E-state index in [1.807, 2.05) is 13.8 Å². The van der Waals surface area contributed by atoms with Gasteiger partial charge in [0.25, 0.3) is 0 Å². The second-order valence-corrected chi connectivity index (χ2v) is 27.0. The van der Waals surface area contributed by atoms with Gasteiger partial charge in [0.2, 0.25) is 65.0 Å². The summed E-state index contributed by atoms with van der Waals surface area (Å²) in [7, 11) is 9.30. The molecule has 2 aromatic carbocycles. The molecule has 0 aromatic heterocycles. The van der Waals surface area contributed by atoms with Crippen molar-refractivity contribution < 1.29 is 83.8 Å². The molecule has 96 heavy (non-hydrogen) atoms. The Balaban J connectivity index is 1.60. The topological polar surface area (TPSA) is 259 Å². The van der Waals surface area contributed by atoms with Crippen LogP contribution in [-0.4, -0.2) is 234 Å². The van der Waals surface area contributed by atoms with Gasteiger partial charge in [-0.2, -0.15) is 13.2 Å². The molecule has 1 unspecified atom stereocenters. The average Bonchev–Trinajstić information content (AvgIpc) is 1.59. The van der Waals surface area contributed by atoms with Crippen molar-refractivity contribution in [3.8, 4) is 5.75 Å². The van der Waals surface area contributed by atoms with E-state index < -0.39 is 180 Å². The molecule has 23 nitrogen and oxygen atoms in total. The van der Waals surface area contributed by atoms with Crippen LogP contribution in [0.15, 0.2) is 42.5 Å². The Kier molecular flexibility index (Phi) is 27.6. The SMILES string of the molecule is CC[C@H](C)[C@@H]1NC(=O)[C@H](CC(C)C)N(C)C(=O)C[C@@H](C)N(C)C(=O)[C@H](C(C)C)N(C)C(=O)C2(CCCC2)NC(=O)C2CCCN2C(=O)[C@H](CCc2ccc(C(F)(F)F)c(Cl)c2)NC(=O)CN(C)C(=O)[C@H](Cc2cccc(OC(F)(F)F)c2)N(C)C(=O)CN(C)C(=O)CN(C)C1=O. The number of hydrogen-bond donors (Lipinski definition) is 3. The molecule has 1 spiro atoms. The highest BCUT2D eigenvalue weighted by atomic mass is 35.5. The summed E-state index contributed by atoms with van der Waals surface area (Å²) < 4.78 is 85.8. The van der Waals surface area contributed by atoms with Gasteiger partial charge >= 0.3 is 12.5 Å². The van der Waals surface area contributed by atoms with Crippen molar-refractivity contribution >= 4 is 76.6 Å². The van der Waals surface area contributed by atoms with E-state index in [-0.39, 0.29) is 75.0 Å². The number of aryl methyl sites for hydroxylation is 1. The summed E-state index contributed by atoms with van der Waals surface area (Å²) in [4.78, 5) is 169. The van der Waals surface area contributed by atoms with E-state index in [0.29, 0.717) is 19.3 Å². The fraction of sp³-hybridized carbons (Fsp3) is 0.652. The van der Waals surface area contributed by atoms with Crippen LogP contribution in [0.1, 0.15) is 129 Å². The number of rotatable bonds is 11. The second kappa shape index (κ2) is 33.5. The normalized spacial score (nSPS) is 24.5. The molecule has 2 aromatic rings. The second-order valence-electron chi connectivity index (χ2n) is 26.6. The van der Waals surface area contributed by atoms with Crippen LogP contribution in [0.5, 0.6) is 5.75 Å². The summed E-state index contributed by atoms with van der Waals surface area (Å²) in [6, 6.07) is -1.16. The van der Waals surface area contributed by atoms with Gasteiger partial charge in [0.05, 0.1) is 30.2 Å². The van der Waals surface area contributed by atoms with Crippen molar-refractivity contribution in [3.05, 3.63) is 64.2 Å². The zero-order valence-corrected chi connectivity index (χ0v) is 58.0. The lowest BCUT2D eigenvalue weighted by Crippen LogP contribution is -2.64. The number of nitrogens with zero attached hydrogens (tertiary/aromatic N) is 8. The standard InChI is InChI=1S/C66H94ClF6N11O12/c1-15-40(6)55-61(93)79(10)36-53(87)77(8)37-54(88)82(13)50(34-43-20-18-21-44(32-43)96-66(71,72)73)60(92)78(9)35-51(85)74-47(26-24-42-23-25-45(46(67)33-42)65(68,69)70)59(91)84-29-19-22-48(84)58(90)76-64(27-16-17-28-64)63(95)83(14)56(39(4)5)62(94)80(11)41(7)31-52(86)81(12)49(30-38(2)3)57(89)75-55/h18,20-21,23,25,32-33,38-41,47-50,55-56H,15-17,19,22,24,26-31,34-37H2,1-14H3,(H,74,85)(H,75,89)(H,76,90)/t40-,41+,47-,48?,49-,50-,55-,56-/m0/s1. The largest absolute Gasteiger partial charge is 0.573 e. The zero-order chi connectivity index (χ0) is 72.2. The highest BCUT2D eigenvalue weighted by Crippen LogP contribution is 2.37. The maximum Gasteiger partial charge on any atom is 0.573 e. The Labute approximate surface area is 562 Å². The van der Waals surface area contributed by atoms with Gasteiger partial charge in [0.1, 0.15) is 47.5 Å². The van der Waals surface area contributed by atoms with Crippen LogP contribution < -0.4 is 20.7 Å². The molecule has 3 fully saturated rings. The fourth-order valence-electron chi connectivity index (χ4n) is 12.5. The molecular weight excluding hydrogens is 1290 g/mol. The molecule has 0 bridgehead atoms. The lowest BCUT2D eigenvalue weighted by Gasteiger charge is -2.41. The number of alkyl halides is 6. The number of amides is 11. The van der Waals surface area contributed by atoms with E-state index in [0.717, 1.165) is 49.9 Å². The maximum absolute atomic E-state index is 15.1. The number of ether oxygens (including phenoxy) is 1. The first-order valence-electron chi connectivity index (χ1n) is 32.3. The number of benzene rings is 2. The Morgan fingerprint density at radius 3 is 1.85 bits per heavy atom. The summed E-state index contributed by atoms with van der Waals surface area (Å²) in [5.74, 6) is -10.0. The Morgan fingerprint density at radius 2 is 1.27 bits per heavy atom. The van der Waals surface area contributed by atoms with E-state index in [9.17, 15) is 69.5 Å². The minimum absolute atomic E-state index is 0.0292. The Hall–Kier alpha value is -7.72.